The van der Waals surface area contributed by atoms with Crippen LogP contribution in [0.25, 0.3) is 0 Å². The number of anilines is 2. The summed E-state index contributed by atoms with van der Waals surface area (Å²) in [6.07, 6.45) is 3.56. The molecule has 112 valence electrons. The van der Waals surface area contributed by atoms with Crippen molar-refractivity contribution in [3.63, 3.8) is 0 Å². The molecule has 7 nitrogen and oxygen atoms in total. The molecule has 21 heavy (non-hydrogen) atoms. The van der Waals surface area contributed by atoms with Gasteiger partial charge in [-0.25, -0.2) is 9.97 Å². The van der Waals surface area contributed by atoms with Crippen molar-refractivity contribution in [3.8, 4) is 0 Å². The smallest absolute Gasteiger partial charge is 0.272 e. The van der Waals surface area contributed by atoms with Gasteiger partial charge in [-0.05, 0) is 19.4 Å². The average molecular weight is 289 g/mol. The fraction of sp³-hybridized carbons (Fsp3) is 0.429. The number of rotatable bonds is 6. The predicted molar refractivity (Wildman–Crippen MR) is 78.4 cm³/mol. The first-order valence-corrected chi connectivity index (χ1v) is 6.89. The summed E-state index contributed by atoms with van der Waals surface area (Å²) in [5, 5.41) is 6.70. The van der Waals surface area contributed by atoms with Gasteiger partial charge in [0.1, 0.15) is 11.5 Å². The van der Waals surface area contributed by atoms with Gasteiger partial charge in [-0.3, -0.25) is 4.79 Å². The van der Waals surface area contributed by atoms with Crippen molar-refractivity contribution in [2.24, 2.45) is 0 Å². The molecule has 0 aliphatic carbocycles. The van der Waals surface area contributed by atoms with E-state index in [1.54, 1.807) is 37.2 Å². The Morgan fingerprint density at radius 3 is 2.95 bits per heavy atom. The lowest BCUT2D eigenvalue weighted by Gasteiger charge is -2.16. The molecular weight excluding hydrogens is 270 g/mol. The van der Waals surface area contributed by atoms with Crippen molar-refractivity contribution < 1.29 is 9.32 Å². The Morgan fingerprint density at radius 1 is 1.48 bits per heavy atom. The fourth-order valence-electron chi connectivity index (χ4n) is 1.77. The number of amides is 1. The largest absolute Gasteiger partial charge is 0.360 e. The summed E-state index contributed by atoms with van der Waals surface area (Å²) in [5.41, 5.74) is 0.353. The van der Waals surface area contributed by atoms with E-state index in [9.17, 15) is 4.79 Å². The molecule has 0 aromatic carbocycles. The topological polar surface area (TPSA) is 84.2 Å². The first kappa shape index (κ1) is 15.0. The van der Waals surface area contributed by atoms with Gasteiger partial charge in [-0.2, -0.15) is 0 Å². The highest BCUT2D eigenvalue weighted by Gasteiger charge is 2.14. The molecule has 2 aromatic rings. The third-order valence-corrected chi connectivity index (χ3v) is 2.94. The SMILES string of the molecule is CCCCN(C)C(=O)c1ccnc(Nc2cc(C)on2)n1. The number of unbranched alkanes of at least 4 members (excludes halogenated alkanes) is 1. The highest BCUT2D eigenvalue weighted by molar-refractivity contribution is 5.92. The molecule has 1 amide bonds. The van der Waals surface area contributed by atoms with E-state index in [-0.39, 0.29) is 5.91 Å². The van der Waals surface area contributed by atoms with Crippen LogP contribution in [0.4, 0.5) is 11.8 Å². The van der Waals surface area contributed by atoms with Crippen LogP contribution in [0.5, 0.6) is 0 Å². The number of carbonyl (C=O) groups is 1. The van der Waals surface area contributed by atoms with Crippen LogP contribution < -0.4 is 5.32 Å². The summed E-state index contributed by atoms with van der Waals surface area (Å²) in [7, 11) is 1.77. The zero-order chi connectivity index (χ0) is 15.2. The van der Waals surface area contributed by atoms with E-state index in [1.165, 1.54) is 0 Å². The molecule has 0 aliphatic heterocycles. The van der Waals surface area contributed by atoms with Crippen LogP contribution in [0, 0.1) is 6.92 Å². The number of hydrogen-bond acceptors (Lipinski definition) is 6. The summed E-state index contributed by atoms with van der Waals surface area (Å²) in [6, 6.07) is 3.33. The number of aromatic nitrogens is 3. The number of carbonyl (C=O) groups excluding carboxylic acids is 1. The van der Waals surface area contributed by atoms with Crippen molar-refractivity contribution >= 4 is 17.7 Å². The van der Waals surface area contributed by atoms with Crippen molar-refractivity contribution in [2.45, 2.75) is 26.7 Å². The standard InChI is InChI=1S/C14H19N5O2/c1-4-5-8-19(3)13(20)11-6-7-15-14(16-11)17-12-9-10(2)21-18-12/h6-7,9H,4-5,8H2,1-3H3,(H,15,16,17,18). The Labute approximate surface area is 123 Å². The summed E-state index contributed by atoms with van der Waals surface area (Å²) in [6.45, 7) is 4.59. The van der Waals surface area contributed by atoms with E-state index in [2.05, 4.69) is 27.4 Å². The minimum atomic E-state index is -0.120. The highest BCUT2D eigenvalue weighted by atomic mass is 16.5. The van der Waals surface area contributed by atoms with Crippen molar-refractivity contribution in [1.82, 2.24) is 20.0 Å². The van der Waals surface area contributed by atoms with Gasteiger partial charge in [0, 0.05) is 25.9 Å². The van der Waals surface area contributed by atoms with E-state index < -0.39 is 0 Å². The number of hydrogen-bond donors (Lipinski definition) is 1. The molecule has 0 spiro atoms. The lowest BCUT2D eigenvalue weighted by Crippen LogP contribution is -2.28. The molecular formula is C14H19N5O2. The molecule has 0 saturated carbocycles. The molecule has 2 heterocycles. The second-order valence-corrected chi connectivity index (χ2v) is 4.79. The molecule has 0 bridgehead atoms. The third kappa shape index (κ3) is 4.01. The van der Waals surface area contributed by atoms with E-state index in [4.69, 9.17) is 4.52 Å². The predicted octanol–water partition coefficient (Wildman–Crippen LogP) is 2.39. The Balaban J connectivity index is 2.08. The first-order valence-electron chi connectivity index (χ1n) is 6.89. The van der Waals surface area contributed by atoms with E-state index in [0.29, 0.717) is 29.8 Å². The normalized spacial score (nSPS) is 10.4. The molecule has 0 radical (unpaired) electrons. The number of nitrogens with one attached hydrogen (secondary N) is 1. The molecule has 2 rings (SSSR count). The van der Waals surface area contributed by atoms with Crippen molar-refractivity contribution in [3.05, 3.63) is 29.8 Å². The Bertz CT molecular complexity index is 611. The lowest BCUT2D eigenvalue weighted by atomic mass is 10.3. The Hall–Kier alpha value is -2.44. The van der Waals surface area contributed by atoms with Crippen LogP contribution in [0.3, 0.4) is 0 Å². The zero-order valence-corrected chi connectivity index (χ0v) is 12.5. The molecule has 0 fully saturated rings. The van der Waals surface area contributed by atoms with E-state index in [1.807, 2.05) is 0 Å². The molecule has 0 saturated heterocycles. The van der Waals surface area contributed by atoms with Crippen LogP contribution in [0.2, 0.25) is 0 Å². The Kier molecular flexibility index (Phi) is 4.86. The van der Waals surface area contributed by atoms with Gasteiger partial charge in [0.05, 0.1) is 0 Å². The minimum Gasteiger partial charge on any atom is -0.360 e. The molecule has 0 unspecified atom stereocenters. The van der Waals surface area contributed by atoms with Gasteiger partial charge >= 0.3 is 0 Å². The van der Waals surface area contributed by atoms with Crippen molar-refractivity contribution in [2.75, 3.05) is 18.9 Å². The van der Waals surface area contributed by atoms with Crippen LogP contribution in [-0.2, 0) is 0 Å². The average Bonchev–Trinajstić information content (AvgIpc) is 2.89. The summed E-state index contributed by atoms with van der Waals surface area (Å²) < 4.78 is 4.95. The zero-order valence-electron chi connectivity index (χ0n) is 12.5. The van der Waals surface area contributed by atoms with Crippen LogP contribution in [0.1, 0.15) is 36.0 Å². The first-order chi connectivity index (χ1) is 10.1. The molecule has 0 aliphatic rings. The number of nitrogens with zero attached hydrogens (tertiary/aromatic N) is 4. The van der Waals surface area contributed by atoms with Gasteiger partial charge in [0.2, 0.25) is 5.95 Å². The molecule has 2 aromatic heterocycles. The van der Waals surface area contributed by atoms with E-state index >= 15 is 0 Å². The highest BCUT2D eigenvalue weighted by Crippen LogP contribution is 2.13. The minimum absolute atomic E-state index is 0.120. The van der Waals surface area contributed by atoms with Crippen molar-refractivity contribution in [1.29, 1.82) is 0 Å². The molecule has 7 heteroatoms. The quantitative estimate of drug-likeness (QED) is 0.879. The molecule has 1 N–H and O–H groups in total. The fourth-order valence-corrected chi connectivity index (χ4v) is 1.77. The molecule has 0 atom stereocenters. The van der Waals surface area contributed by atoms with E-state index in [0.717, 1.165) is 12.8 Å². The Morgan fingerprint density at radius 2 is 2.29 bits per heavy atom. The van der Waals surface area contributed by atoms with Gasteiger partial charge in [-0.15, -0.1) is 0 Å². The van der Waals surface area contributed by atoms with Gasteiger partial charge in [0.25, 0.3) is 5.91 Å². The van der Waals surface area contributed by atoms with Gasteiger partial charge in [-0.1, -0.05) is 18.5 Å². The maximum absolute atomic E-state index is 12.2. The second kappa shape index (κ2) is 6.83. The summed E-state index contributed by atoms with van der Waals surface area (Å²) in [4.78, 5) is 22.2. The van der Waals surface area contributed by atoms with Crippen LogP contribution in [-0.4, -0.2) is 39.5 Å². The van der Waals surface area contributed by atoms with Gasteiger partial charge < -0.3 is 14.7 Å². The van der Waals surface area contributed by atoms with Gasteiger partial charge in [0.15, 0.2) is 5.82 Å². The number of aryl methyl sites for hydroxylation is 1. The summed E-state index contributed by atoms with van der Waals surface area (Å²) >= 11 is 0. The third-order valence-electron chi connectivity index (χ3n) is 2.94. The van der Waals surface area contributed by atoms with Crippen LogP contribution >= 0.6 is 0 Å². The maximum atomic E-state index is 12.2. The summed E-state index contributed by atoms with van der Waals surface area (Å²) in [5.74, 6) is 1.39. The second-order valence-electron chi connectivity index (χ2n) is 4.79. The maximum Gasteiger partial charge on any atom is 0.272 e. The van der Waals surface area contributed by atoms with Crippen LogP contribution in [0.15, 0.2) is 22.9 Å². The monoisotopic (exact) mass is 289 g/mol. The lowest BCUT2D eigenvalue weighted by molar-refractivity contribution is 0.0787.